The van der Waals surface area contributed by atoms with Gasteiger partial charge in [0.25, 0.3) is 11.1 Å². The van der Waals surface area contributed by atoms with Crippen LogP contribution in [0.2, 0.25) is 0 Å². The van der Waals surface area contributed by atoms with Gasteiger partial charge in [0, 0.05) is 31.2 Å². The minimum Gasteiger partial charge on any atom is -0.361 e. The highest BCUT2D eigenvalue weighted by Crippen LogP contribution is 2.30. The van der Waals surface area contributed by atoms with Crippen molar-refractivity contribution in [3.8, 4) is 11.3 Å². The zero-order chi connectivity index (χ0) is 27.6. The molecule has 6 rings (SSSR count). The van der Waals surface area contributed by atoms with Crippen LogP contribution in [0.3, 0.4) is 0 Å². The van der Waals surface area contributed by atoms with Gasteiger partial charge in [-0.2, -0.15) is 0 Å². The van der Waals surface area contributed by atoms with E-state index in [1.165, 1.54) is 0 Å². The number of anilines is 1. The molecule has 11 heteroatoms. The Morgan fingerprint density at radius 3 is 2.73 bits per heavy atom. The van der Waals surface area contributed by atoms with Crippen LogP contribution in [0.1, 0.15) is 35.7 Å². The van der Waals surface area contributed by atoms with Gasteiger partial charge in [-0.15, -0.1) is 0 Å². The van der Waals surface area contributed by atoms with Gasteiger partial charge in [-0.1, -0.05) is 29.4 Å². The van der Waals surface area contributed by atoms with Crippen LogP contribution in [0, 0.1) is 19.8 Å². The van der Waals surface area contributed by atoms with Crippen molar-refractivity contribution in [2.24, 2.45) is 5.92 Å². The predicted octanol–water partition coefficient (Wildman–Crippen LogP) is 4.63. The van der Waals surface area contributed by atoms with Crippen LogP contribution in [0.4, 0.5) is 10.7 Å². The van der Waals surface area contributed by atoms with Crippen LogP contribution < -0.4 is 15.5 Å². The Morgan fingerprint density at radius 2 is 1.98 bits per heavy atom. The second-order valence-electron chi connectivity index (χ2n) is 10.1. The summed E-state index contributed by atoms with van der Waals surface area (Å²) in [5.41, 5.74) is 4.31. The summed E-state index contributed by atoms with van der Waals surface area (Å²) < 4.78 is 5.40. The molecule has 0 saturated carbocycles. The fourth-order valence-corrected chi connectivity index (χ4v) is 5.93. The van der Waals surface area contributed by atoms with E-state index in [2.05, 4.69) is 48.9 Å². The van der Waals surface area contributed by atoms with Gasteiger partial charge in [0.15, 0.2) is 0 Å². The monoisotopic (exact) mass is 555 g/mol. The van der Waals surface area contributed by atoms with Crippen LogP contribution in [-0.2, 0) is 11.3 Å². The number of fused-ring (bicyclic) bond motifs is 1. The SMILES string of the molecule is Cc1noc(C)c1-c1cc2ccccc2c(CNCC2CCN(c3nccc(C=C4SC(=O)NC4=O)n3)CC2)n1. The molecule has 204 valence electrons. The number of imide groups is 1. The van der Waals surface area contributed by atoms with Crippen LogP contribution in [0.25, 0.3) is 28.1 Å². The molecule has 2 saturated heterocycles. The molecule has 0 atom stereocenters. The second-order valence-corrected chi connectivity index (χ2v) is 11.1. The summed E-state index contributed by atoms with van der Waals surface area (Å²) in [7, 11) is 0. The van der Waals surface area contributed by atoms with Crippen molar-refractivity contribution in [3.05, 3.63) is 70.3 Å². The van der Waals surface area contributed by atoms with Crippen molar-refractivity contribution in [2.75, 3.05) is 24.5 Å². The molecular weight excluding hydrogens is 526 g/mol. The molecule has 3 aromatic heterocycles. The largest absolute Gasteiger partial charge is 0.361 e. The van der Waals surface area contributed by atoms with Gasteiger partial charge in [-0.05, 0) is 74.5 Å². The molecule has 2 amide bonds. The summed E-state index contributed by atoms with van der Waals surface area (Å²) in [5, 5.41) is 12.0. The lowest BCUT2D eigenvalue weighted by molar-refractivity contribution is -0.115. The standard InChI is InChI=1S/C29H29N7O3S/c1-17-26(18(2)39-35-17)23-13-20-5-3-4-6-22(20)24(33-23)16-30-15-19-8-11-36(12-9-19)28-31-10-7-21(32-28)14-25-27(37)34-29(38)40-25/h3-7,10,13-14,19,30H,8-9,11-12,15-16H2,1-2H3,(H,34,37,38). The molecule has 0 aliphatic carbocycles. The highest BCUT2D eigenvalue weighted by atomic mass is 32.2. The summed E-state index contributed by atoms with van der Waals surface area (Å²) in [4.78, 5) is 39.9. The maximum absolute atomic E-state index is 11.9. The molecule has 0 unspecified atom stereocenters. The number of amides is 2. The Bertz CT molecular complexity index is 1610. The lowest BCUT2D eigenvalue weighted by Crippen LogP contribution is -2.38. The topological polar surface area (TPSA) is 126 Å². The van der Waals surface area contributed by atoms with E-state index in [0.29, 0.717) is 29.0 Å². The molecule has 40 heavy (non-hydrogen) atoms. The number of piperidine rings is 1. The molecule has 0 spiro atoms. The molecule has 1 aromatic carbocycles. The maximum atomic E-state index is 11.9. The van der Waals surface area contributed by atoms with Gasteiger partial charge in [-0.25, -0.2) is 9.97 Å². The van der Waals surface area contributed by atoms with Crippen molar-refractivity contribution in [1.29, 1.82) is 0 Å². The molecule has 4 aromatic rings. The summed E-state index contributed by atoms with van der Waals surface area (Å²) >= 11 is 0.887. The molecule has 2 fully saturated rings. The number of hydrogen-bond acceptors (Lipinski definition) is 10. The summed E-state index contributed by atoms with van der Waals surface area (Å²) in [6.07, 6.45) is 5.35. The fraction of sp³-hybridized carbons (Fsp3) is 0.310. The first-order valence-corrected chi connectivity index (χ1v) is 14.1. The normalized spacial score (nSPS) is 17.2. The number of benzene rings is 1. The maximum Gasteiger partial charge on any atom is 0.290 e. The molecule has 0 radical (unpaired) electrons. The predicted molar refractivity (Wildman–Crippen MR) is 154 cm³/mol. The molecule has 2 aliphatic heterocycles. The number of carbonyl (C=O) groups is 2. The van der Waals surface area contributed by atoms with Gasteiger partial charge in [-0.3, -0.25) is 19.9 Å². The lowest BCUT2D eigenvalue weighted by atomic mass is 9.97. The lowest BCUT2D eigenvalue weighted by Gasteiger charge is -2.32. The van der Waals surface area contributed by atoms with Gasteiger partial charge in [0.2, 0.25) is 5.95 Å². The van der Waals surface area contributed by atoms with Gasteiger partial charge >= 0.3 is 0 Å². The number of nitrogens with one attached hydrogen (secondary N) is 2. The van der Waals surface area contributed by atoms with Crippen LogP contribution >= 0.6 is 11.8 Å². The van der Waals surface area contributed by atoms with Crippen molar-refractivity contribution >= 4 is 45.7 Å². The minimum atomic E-state index is -0.387. The third-order valence-electron chi connectivity index (χ3n) is 7.32. The van der Waals surface area contributed by atoms with E-state index in [-0.39, 0.29) is 11.1 Å². The summed E-state index contributed by atoms with van der Waals surface area (Å²) in [5.74, 6) is 1.56. The van der Waals surface area contributed by atoms with E-state index in [1.807, 2.05) is 26.0 Å². The number of thioether (sulfide) groups is 1. The van der Waals surface area contributed by atoms with Crippen LogP contribution in [0.15, 0.2) is 52.0 Å². The average molecular weight is 556 g/mol. The third-order valence-corrected chi connectivity index (χ3v) is 8.13. The number of hydrogen-bond donors (Lipinski definition) is 2. The zero-order valence-corrected chi connectivity index (χ0v) is 23.1. The van der Waals surface area contributed by atoms with E-state index in [0.717, 1.165) is 83.4 Å². The van der Waals surface area contributed by atoms with E-state index in [1.54, 1.807) is 18.3 Å². The van der Waals surface area contributed by atoms with Crippen molar-refractivity contribution in [3.63, 3.8) is 0 Å². The highest BCUT2D eigenvalue weighted by molar-refractivity contribution is 8.18. The van der Waals surface area contributed by atoms with Gasteiger partial charge in [0.05, 0.1) is 33.2 Å². The molecule has 2 N–H and O–H groups in total. The number of aromatic nitrogens is 4. The summed E-state index contributed by atoms with van der Waals surface area (Å²) in [6.45, 7) is 7.13. The number of aryl methyl sites for hydroxylation is 2. The number of nitrogens with zero attached hydrogens (tertiary/aromatic N) is 5. The summed E-state index contributed by atoms with van der Waals surface area (Å²) in [6, 6.07) is 12.2. The Balaban J connectivity index is 1.08. The Kier molecular flexibility index (Phi) is 7.31. The van der Waals surface area contributed by atoms with Gasteiger partial charge in [0.1, 0.15) is 5.76 Å². The fourth-order valence-electron chi connectivity index (χ4n) is 5.26. The molecule has 10 nitrogen and oxygen atoms in total. The van der Waals surface area contributed by atoms with E-state index >= 15 is 0 Å². The Hall–Kier alpha value is -4.09. The second kappa shape index (κ2) is 11.2. The van der Waals surface area contributed by atoms with Crippen molar-refractivity contribution < 1.29 is 14.1 Å². The first kappa shape index (κ1) is 26.1. The van der Waals surface area contributed by atoms with Crippen LogP contribution in [0.5, 0.6) is 0 Å². The number of carbonyl (C=O) groups excluding carboxylic acids is 2. The van der Waals surface area contributed by atoms with E-state index < -0.39 is 0 Å². The highest BCUT2D eigenvalue weighted by Gasteiger charge is 2.26. The number of rotatable bonds is 7. The molecule has 0 bridgehead atoms. The van der Waals surface area contributed by atoms with E-state index in [4.69, 9.17) is 9.51 Å². The molecular formula is C29H29N7O3S. The van der Waals surface area contributed by atoms with Crippen LogP contribution in [-0.4, -0.2) is 50.9 Å². The van der Waals surface area contributed by atoms with Gasteiger partial charge < -0.3 is 14.7 Å². The first-order valence-electron chi connectivity index (χ1n) is 13.3. The first-order chi connectivity index (χ1) is 19.4. The minimum absolute atomic E-state index is 0.346. The molecule has 2 aliphatic rings. The average Bonchev–Trinajstić information content (AvgIpc) is 3.47. The quantitative estimate of drug-likeness (QED) is 0.312. The third kappa shape index (κ3) is 5.47. The van der Waals surface area contributed by atoms with Crippen molar-refractivity contribution in [2.45, 2.75) is 33.2 Å². The Labute approximate surface area is 235 Å². The zero-order valence-electron chi connectivity index (χ0n) is 22.3. The Morgan fingerprint density at radius 1 is 1.15 bits per heavy atom. The molecule has 5 heterocycles. The van der Waals surface area contributed by atoms with Crippen molar-refractivity contribution in [1.82, 2.24) is 30.7 Å². The number of pyridine rings is 1. The van der Waals surface area contributed by atoms with E-state index in [9.17, 15) is 9.59 Å². The smallest absolute Gasteiger partial charge is 0.290 e.